The minimum Gasteiger partial charge on any atom is -0.303 e. The van der Waals surface area contributed by atoms with Gasteiger partial charge in [0.1, 0.15) is 5.54 Å². The molecule has 0 saturated heterocycles. The monoisotopic (exact) mass is 270 g/mol. The smallest absolute Gasteiger partial charge is 0.104 e. The summed E-state index contributed by atoms with van der Waals surface area (Å²) in [4.78, 5) is 1.26. The minimum absolute atomic E-state index is 0.427. The summed E-state index contributed by atoms with van der Waals surface area (Å²) in [6.45, 7) is 1.94. The first-order valence-electron chi connectivity index (χ1n) is 6.39. The second-order valence-corrected chi connectivity index (χ2v) is 5.97. The fourth-order valence-electron chi connectivity index (χ4n) is 1.87. The minimum atomic E-state index is -0.427. The highest BCUT2D eigenvalue weighted by atomic mass is 32.2. The van der Waals surface area contributed by atoms with Gasteiger partial charge < -0.3 is 5.32 Å². The van der Waals surface area contributed by atoms with Gasteiger partial charge in [-0.05, 0) is 43.3 Å². The Bertz CT molecular complexity index is 603. The predicted octanol–water partition coefficient (Wildman–Crippen LogP) is 3.82. The first-order chi connectivity index (χ1) is 9.17. The first kappa shape index (κ1) is 13.9. The molecule has 2 aromatic rings. The lowest BCUT2D eigenvalue weighted by molar-refractivity contribution is 0.480. The summed E-state index contributed by atoms with van der Waals surface area (Å²) in [5.74, 6) is 0.934. The van der Waals surface area contributed by atoms with Crippen LogP contribution in [-0.2, 0) is 0 Å². The van der Waals surface area contributed by atoms with Crippen LogP contribution in [0.4, 0.5) is 0 Å². The van der Waals surface area contributed by atoms with Gasteiger partial charge >= 0.3 is 0 Å². The van der Waals surface area contributed by atoms with Crippen LogP contribution >= 0.6 is 11.8 Å². The summed E-state index contributed by atoms with van der Waals surface area (Å²) in [7, 11) is 1.84. The number of fused-ring (bicyclic) bond motifs is 1. The highest BCUT2D eigenvalue weighted by Gasteiger charge is 2.20. The van der Waals surface area contributed by atoms with E-state index in [0.717, 1.165) is 12.2 Å². The largest absolute Gasteiger partial charge is 0.303 e. The molecule has 0 saturated carbocycles. The Kier molecular flexibility index (Phi) is 4.47. The third-order valence-electron chi connectivity index (χ3n) is 3.39. The van der Waals surface area contributed by atoms with Gasteiger partial charge in [-0.2, -0.15) is 5.26 Å². The van der Waals surface area contributed by atoms with E-state index < -0.39 is 5.54 Å². The molecule has 0 aliphatic carbocycles. The highest BCUT2D eigenvalue weighted by molar-refractivity contribution is 7.99. The van der Waals surface area contributed by atoms with Crippen LogP contribution in [0.3, 0.4) is 0 Å². The molecule has 1 atom stereocenters. The summed E-state index contributed by atoms with van der Waals surface area (Å²) in [6, 6.07) is 17.2. The zero-order valence-corrected chi connectivity index (χ0v) is 12.1. The summed E-state index contributed by atoms with van der Waals surface area (Å²) < 4.78 is 0. The van der Waals surface area contributed by atoms with Crippen molar-refractivity contribution < 1.29 is 0 Å². The molecule has 0 radical (unpaired) electrons. The summed E-state index contributed by atoms with van der Waals surface area (Å²) in [6.07, 6.45) is 0.831. The summed E-state index contributed by atoms with van der Waals surface area (Å²) in [5.41, 5.74) is -0.427. The third kappa shape index (κ3) is 3.50. The van der Waals surface area contributed by atoms with Crippen molar-refractivity contribution in [1.29, 1.82) is 5.26 Å². The molecule has 0 aliphatic rings. The molecule has 1 N–H and O–H groups in total. The molecule has 0 aromatic heterocycles. The Morgan fingerprint density at radius 1 is 1.21 bits per heavy atom. The SMILES string of the molecule is CNC(C)(C#N)CCSc1ccc2ccccc2c1. The molecule has 0 amide bonds. The zero-order chi connectivity index (χ0) is 13.7. The number of nitrogens with zero attached hydrogens (tertiary/aromatic N) is 1. The summed E-state index contributed by atoms with van der Waals surface area (Å²) in [5, 5.41) is 14.7. The van der Waals surface area contributed by atoms with Crippen LogP contribution in [0.1, 0.15) is 13.3 Å². The number of nitrogens with one attached hydrogen (secondary N) is 1. The molecule has 0 fully saturated rings. The average Bonchev–Trinajstić information content (AvgIpc) is 2.47. The van der Waals surface area contributed by atoms with Gasteiger partial charge in [-0.15, -0.1) is 11.8 Å². The molecule has 1 unspecified atom stereocenters. The van der Waals surface area contributed by atoms with Crippen molar-refractivity contribution in [2.24, 2.45) is 0 Å². The van der Waals surface area contributed by atoms with Crippen molar-refractivity contribution in [1.82, 2.24) is 5.32 Å². The molecule has 0 aliphatic heterocycles. The van der Waals surface area contributed by atoms with E-state index in [0.29, 0.717) is 0 Å². The molecule has 0 heterocycles. The molecular formula is C16H18N2S. The van der Waals surface area contributed by atoms with Crippen LogP contribution in [0.5, 0.6) is 0 Å². The molecular weight excluding hydrogens is 252 g/mol. The fourth-order valence-corrected chi connectivity index (χ4v) is 2.99. The lowest BCUT2D eigenvalue weighted by Crippen LogP contribution is -2.38. The van der Waals surface area contributed by atoms with Gasteiger partial charge in [-0.3, -0.25) is 0 Å². The van der Waals surface area contributed by atoms with E-state index in [1.807, 2.05) is 14.0 Å². The predicted molar refractivity (Wildman–Crippen MR) is 82.4 cm³/mol. The van der Waals surface area contributed by atoms with Crippen molar-refractivity contribution in [3.63, 3.8) is 0 Å². The zero-order valence-electron chi connectivity index (χ0n) is 11.3. The van der Waals surface area contributed by atoms with E-state index in [4.69, 9.17) is 5.26 Å². The molecule has 2 rings (SSSR count). The number of thioether (sulfide) groups is 1. The van der Waals surface area contributed by atoms with Gasteiger partial charge in [0.05, 0.1) is 6.07 Å². The maximum Gasteiger partial charge on any atom is 0.104 e. The van der Waals surface area contributed by atoms with E-state index in [9.17, 15) is 0 Å². The standard InChI is InChI=1S/C16H18N2S/c1-16(12-17,18-2)9-10-19-15-8-7-13-5-3-4-6-14(13)11-15/h3-8,11,18H,9-10H2,1-2H3. The maximum atomic E-state index is 9.10. The van der Waals surface area contributed by atoms with Crippen LogP contribution in [-0.4, -0.2) is 18.3 Å². The van der Waals surface area contributed by atoms with Crippen LogP contribution in [0.25, 0.3) is 10.8 Å². The van der Waals surface area contributed by atoms with E-state index in [2.05, 4.69) is 53.9 Å². The molecule has 0 bridgehead atoms. The normalized spacial score (nSPS) is 13.9. The van der Waals surface area contributed by atoms with Crippen molar-refractivity contribution >= 4 is 22.5 Å². The van der Waals surface area contributed by atoms with Gasteiger partial charge in [0.25, 0.3) is 0 Å². The van der Waals surface area contributed by atoms with Gasteiger partial charge in [0.2, 0.25) is 0 Å². The second-order valence-electron chi connectivity index (χ2n) is 4.80. The van der Waals surface area contributed by atoms with Crippen molar-refractivity contribution in [3.8, 4) is 6.07 Å². The second kappa shape index (κ2) is 6.10. The number of benzene rings is 2. The van der Waals surface area contributed by atoms with Gasteiger partial charge in [-0.25, -0.2) is 0 Å². The van der Waals surface area contributed by atoms with E-state index in [-0.39, 0.29) is 0 Å². The maximum absolute atomic E-state index is 9.10. The number of nitriles is 1. The lowest BCUT2D eigenvalue weighted by atomic mass is 10.0. The Balaban J connectivity index is 2.01. The van der Waals surface area contributed by atoms with E-state index in [1.54, 1.807) is 11.8 Å². The van der Waals surface area contributed by atoms with Gasteiger partial charge in [0, 0.05) is 10.6 Å². The summed E-state index contributed by atoms with van der Waals surface area (Å²) >= 11 is 1.80. The third-order valence-corrected chi connectivity index (χ3v) is 4.39. The molecule has 2 nitrogen and oxygen atoms in total. The molecule has 19 heavy (non-hydrogen) atoms. The van der Waals surface area contributed by atoms with E-state index in [1.165, 1.54) is 15.7 Å². The fraction of sp³-hybridized carbons (Fsp3) is 0.312. The van der Waals surface area contributed by atoms with Crippen LogP contribution in [0.2, 0.25) is 0 Å². The topological polar surface area (TPSA) is 35.8 Å². The van der Waals surface area contributed by atoms with Crippen LogP contribution in [0.15, 0.2) is 47.4 Å². The number of hydrogen-bond acceptors (Lipinski definition) is 3. The molecule has 3 heteroatoms. The lowest BCUT2D eigenvalue weighted by Gasteiger charge is -2.20. The first-order valence-corrected chi connectivity index (χ1v) is 7.37. The van der Waals surface area contributed by atoms with Crippen molar-refractivity contribution in [3.05, 3.63) is 42.5 Å². The number of rotatable bonds is 5. The quantitative estimate of drug-likeness (QED) is 0.839. The molecule has 2 aromatic carbocycles. The Morgan fingerprint density at radius 2 is 1.95 bits per heavy atom. The molecule has 98 valence electrons. The van der Waals surface area contributed by atoms with Gasteiger partial charge in [0.15, 0.2) is 0 Å². The van der Waals surface area contributed by atoms with Gasteiger partial charge in [-0.1, -0.05) is 30.3 Å². The van der Waals surface area contributed by atoms with Crippen LogP contribution in [0, 0.1) is 11.3 Å². The van der Waals surface area contributed by atoms with Crippen molar-refractivity contribution in [2.45, 2.75) is 23.8 Å². The Hall–Kier alpha value is -1.50. The highest BCUT2D eigenvalue weighted by Crippen LogP contribution is 2.25. The van der Waals surface area contributed by atoms with Crippen LogP contribution < -0.4 is 5.32 Å². The van der Waals surface area contributed by atoms with Crippen molar-refractivity contribution in [2.75, 3.05) is 12.8 Å². The number of hydrogen-bond donors (Lipinski definition) is 1. The Labute approximate surface area is 118 Å². The Morgan fingerprint density at radius 3 is 2.63 bits per heavy atom. The van der Waals surface area contributed by atoms with E-state index >= 15 is 0 Å². The average molecular weight is 270 g/mol. The molecule has 0 spiro atoms.